The number of benzene rings is 3. The number of aromatic nitrogens is 1. The summed E-state index contributed by atoms with van der Waals surface area (Å²) in [6, 6.07) is 20.6. The van der Waals surface area contributed by atoms with E-state index in [-0.39, 0.29) is 22.2 Å². The van der Waals surface area contributed by atoms with Crippen LogP contribution in [-0.4, -0.2) is 16.0 Å². The smallest absolute Gasteiger partial charge is 0.293 e. The molecule has 6 nitrogen and oxygen atoms in total. The Labute approximate surface area is 205 Å². The maximum atomic E-state index is 14.0. The van der Waals surface area contributed by atoms with E-state index in [1.807, 2.05) is 44.2 Å². The van der Waals surface area contributed by atoms with Gasteiger partial charge in [0.2, 0.25) is 5.89 Å². The molecule has 0 bridgehead atoms. The Hall–Kier alpha value is -4.30. The van der Waals surface area contributed by atoms with Crippen LogP contribution in [0.25, 0.3) is 33.9 Å². The van der Waals surface area contributed by atoms with Gasteiger partial charge >= 0.3 is 0 Å². The number of thiocarbonyl (C=S) groups is 1. The number of furan rings is 1. The van der Waals surface area contributed by atoms with Crippen molar-refractivity contribution in [2.24, 2.45) is 0 Å². The van der Waals surface area contributed by atoms with Crippen molar-refractivity contribution in [3.05, 3.63) is 95.5 Å². The highest BCUT2D eigenvalue weighted by Crippen LogP contribution is 2.28. The molecule has 0 radical (unpaired) electrons. The summed E-state index contributed by atoms with van der Waals surface area (Å²) >= 11 is 5.25. The third-order valence-corrected chi connectivity index (χ3v) is 5.61. The number of nitrogens with one attached hydrogen (secondary N) is 2. The predicted octanol–water partition coefficient (Wildman–Crippen LogP) is 6.64. The fraction of sp³-hybridized carbons (Fsp3) is 0.0741. The molecule has 174 valence electrons. The molecule has 8 heteroatoms. The van der Waals surface area contributed by atoms with E-state index >= 15 is 0 Å². The summed E-state index contributed by atoms with van der Waals surface area (Å²) in [6.45, 7) is 4.02. The molecular formula is C27H20FN3O3S. The van der Waals surface area contributed by atoms with E-state index in [9.17, 15) is 9.18 Å². The second-order valence-electron chi connectivity index (χ2n) is 8.08. The first-order valence-corrected chi connectivity index (χ1v) is 11.2. The first-order valence-electron chi connectivity index (χ1n) is 10.8. The third kappa shape index (κ3) is 4.69. The minimum atomic E-state index is -0.543. The van der Waals surface area contributed by atoms with Crippen LogP contribution in [-0.2, 0) is 0 Å². The van der Waals surface area contributed by atoms with Gasteiger partial charge in [-0.15, -0.1) is 0 Å². The zero-order valence-corrected chi connectivity index (χ0v) is 19.7. The van der Waals surface area contributed by atoms with Gasteiger partial charge in [-0.25, -0.2) is 9.37 Å². The van der Waals surface area contributed by atoms with Crippen LogP contribution in [0.4, 0.5) is 10.1 Å². The number of anilines is 1. The second kappa shape index (κ2) is 9.15. The summed E-state index contributed by atoms with van der Waals surface area (Å²) in [5.41, 5.74) is 5.52. The van der Waals surface area contributed by atoms with E-state index < -0.39 is 11.7 Å². The van der Waals surface area contributed by atoms with Gasteiger partial charge in [0.1, 0.15) is 17.1 Å². The number of nitrogens with zero attached hydrogens (tertiary/aromatic N) is 1. The van der Waals surface area contributed by atoms with E-state index in [4.69, 9.17) is 21.1 Å². The van der Waals surface area contributed by atoms with Gasteiger partial charge in [0, 0.05) is 11.3 Å². The zero-order chi connectivity index (χ0) is 24.5. The van der Waals surface area contributed by atoms with Crippen LogP contribution >= 0.6 is 12.2 Å². The van der Waals surface area contributed by atoms with Crippen molar-refractivity contribution >= 4 is 40.0 Å². The molecular weight excluding hydrogens is 465 g/mol. The molecule has 35 heavy (non-hydrogen) atoms. The van der Waals surface area contributed by atoms with Crippen LogP contribution in [0.1, 0.15) is 21.7 Å². The molecule has 0 aliphatic heterocycles. The minimum Gasteiger partial charge on any atom is -0.451 e. The monoisotopic (exact) mass is 485 g/mol. The van der Waals surface area contributed by atoms with E-state index in [1.165, 1.54) is 18.2 Å². The van der Waals surface area contributed by atoms with Crippen LogP contribution < -0.4 is 10.6 Å². The van der Waals surface area contributed by atoms with Crippen molar-refractivity contribution in [1.29, 1.82) is 0 Å². The van der Waals surface area contributed by atoms with Gasteiger partial charge in [0.15, 0.2) is 16.5 Å². The summed E-state index contributed by atoms with van der Waals surface area (Å²) in [7, 11) is 0. The lowest BCUT2D eigenvalue weighted by Crippen LogP contribution is -2.33. The SMILES string of the molecule is Cc1cc(C)c2oc(-c3ccc(NC(=S)NC(=O)c4ccc(-c5ccccc5F)o4)cc3)nc2c1. The van der Waals surface area contributed by atoms with Crippen LogP contribution in [0.2, 0.25) is 0 Å². The molecule has 2 N–H and O–H groups in total. The van der Waals surface area contributed by atoms with Gasteiger partial charge in [0.25, 0.3) is 5.91 Å². The largest absolute Gasteiger partial charge is 0.451 e. The normalized spacial score (nSPS) is 10.9. The average molecular weight is 486 g/mol. The number of aryl methyl sites for hydroxylation is 2. The van der Waals surface area contributed by atoms with Crippen molar-refractivity contribution < 1.29 is 18.0 Å². The van der Waals surface area contributed by atoms with Crippen molar-refractivity contribution in [2.75, 3.05) is 5.32 Å². The molecule has 0 spiro atoms. The summed E-state index contributed by atoms with van der Waals surface area (Å²) in [5, 5.41) is 5.62. The second-order valence-corrected chi connectivity index (χ2v) is 8.49. The van der Waals surface area contributed by atoms with Gasteiger partial charge in [-0.2, -0.15) is 0 Å². The van der Waals surface area contributed by atoms with E-state index in [0.29, 0.717) is 11.6 Å². The summed E-state index contributed by atoms with van der Waals surface area (Å²) < 4.78 is 25.4. The fourth-order valence-corrected chi connectivity index (χ4v) is 4.00. The quantitative estimate of drug-likeness (QED) is 0.278. The third-order valence-electron chi connectivity index (χ3n) is 5.41. The maximum absolute atomic E-state index is 14.0. The molecule has 5 aromatic rings. The Kier molecular flexibility index (Phi) is 5.88. The molecule has 2 heterocycles. The van der Waals surface area contributed by atoms with Gasteiger partial charge < -0.3 is 14.2 Å². The lowest BCUT2D eigenvalue weighted by Gasteiger charge is -2.09. The Morgan fingerprint density at radius 1 is 0.971 bits per heavy atom. The molecule has 0 saturated heterocycles. The molecule has 1 amide bonds. The Morgan fingerprint density at radius 3 is 2.51 bits per heavy atom. The average Bonchev–Trinajstić information content (AvgIpc) is 3.48. The summed E-state index contributed by atoms with van der Waals surface area (Å²) in [6.07, 6.45) is 0. The van der Waals surface area contributed by atoms with Crippen LogP contribution in [0, 0.1) is 19.7 Å². The van der Waals surface area contributed by atoms with Crippen molar-refractivity contribution in [3.63, 3.8) is 0 Å². The molecule has 3 aromatic carbocycles. The first-order chi connectivity index (χ1) is 16.9. The van der Waals surface area contributed by atoms with Crippen LogP contribution in [0.3, 0.4) is 0 Å². The van der Waals surface area contributed by atoms with Crippen molar-refractivity contribution in [1.82, 2.24) is 10.3 Å². The minimum absolute atomic E-state index is 0.0178. The number of halogens is 1. The molecule has 0 aliphatic rings. The standard InChI is InChI=1S/C27H20FN3O3S/c1-15-13-16(2)24-21(14-15)30-26(34-24)17-7-9-18(10-8-17)29-27(35)31-25(32)23-12-11-22(33-23)19-5-3-4-6-20(19)28/h3-14H,1-2H3,(H2,29,31,32,35). The lowest BCUT2D eigenvalue weighted by atomic mass is 10.1. The van der Waals surface area contributed by atoms with Gasteiger partial charge in [0.05, 0.1) is 5.56 Å². The highest BCUT2D eigenvalue weighted by atomic mass is 32.1. The summed E-state index contributed by atoms with van der Waals surface area (Å²) in [5.74, 6) is -0.174. The lowest BCUT2D eigenvalue weighted by molar-refractivity contribution is 0.0951. The molecule has 2 aromatic heterocycles. The molecule has 0 aliphatic carbocycles. The number of fused-ring (bicyclic) bond motifs is 1. The molecule has 0 fully saturated rings. The highest BCUT2D eigenvalue weighted by Gasteiger charge is 2.16. The molecule has 0 saturated carbocycles. The number of hydrogen-bond donors (Lipinski definition) is 2. The van der Waals surface area contributed by atoms with Gasteiger partial charge in [-0.3, -0.25) is 10.1 Å². The van der Waals surface area contributed by atoms with E-state index in [1.54, 1.807) is 18.2 Å². The highest BCUT2D eigenvalue weighted by molar-refractivity contribution is 7.80. The first kappa shape index (κ1) is 22.5. The molecule has 0 atom stereocenters. The van der Waals surface area contributed by atoms with Crippen LogP contribution in [0.15, 0.2) is 81.6 Å². The van der Waals surface area contributed by atoms with Gasteiger partial charge in [-0.1, -0.05) is 18.2 Å². The molecule has 0 unspecified atom stereocenters. The Bertz CT molecular complexity index is 1570. The number of oxazole rings is 1. The molecule has 5 rings (SSSR count). The Balaban J connectivity index is 1.24. The van der Waals surface area contributed by atoms with Gasteiger partial charge in [-0.05, 0) is 91.8 Å². The van der Waals surface area contributed by atoms with Crippen molar-refractivity contribution in [2.45, 2.75) is 13.8 Å². The predicted molar refractivity (Wildman–Crippen MR) is 137 cm³/mol. The van der Waals surface area contributed by atoms with Crippen molar-refractivity contribution in [3.8, 4) is 22.8 Å². The number of hydrogen-bond acceptors (Lipinski definition) is 5. The van der Waals surface area contributed by atoms with Crippen LogP contribution in [0.5, 0.6) is 0 Å². The number of carbonyl (C=O) groups is 1. The summed E-state index contributed by atoms with van der Waals surface area (Å²) in [4.78, 5) is 17.1. The number of amides is 1. The van der Waals surface area contributed by atoms with E-state index in [0.717, 1.165) is 27.8 Å². The number of rotatable bonds is 4. The maximum Gasteiger partial charge on any atom is 0.293 e. The fourth-order valence-electron chi connectivity index (χ4n) is 3.79. The number of carbonyl (C=O) groups excluding carboxylic acids is 1. The van der Waals surface area contributed by atoms with E-state index in [2.05, 4.69) is 21.7 Å². The Morgan fingerprint density at radius 2 is 1.74 bits per heavy atom. The topological polar surface area (TPSA) is 80.3 Å². The zero-order valence-electron chi connectivity index (χ0n) is 18.9.